The molecule has 0 saturated carbocycles. The first-order valence-electron chi connectivity index (χ1n) is 6.38. The molecule has 0 spiro atoms. The van der Waals surface area contributed by atoms with Crippen LogP contribution in [0.25, 0.3) is 0 Å². The van der Waals surface area contributed by atoms with Crippen LogP contribution in [0.5, 0.6) is 0 Å². The van der Waals surface area contributed by atoms with Gasteiger partial charge in [0.2, 0.25) is 10.0 Å². The maximum Gasteiger partial charge on any atom is 0.208 e. The van der Waals surface area contributed by atoms with Crippen LogP contribution in [0.4, 0.5) is 0 Å². The first-order chi connectivity index (χ1) is 9.28. The molecule has 114 valence electrons. The minimum absolute atomic E-state index is 0.153. The number of thiophene rings is 1. The highest BCUT2D eigenvalue weighted by Crippen LogP contribution is 2.24. The second-order valence-corrected chi connectivity index (χ2v) is 8.14. The van der Waals surface area contributed by atoms with Crippen LogP contribution in [-0.2, 0) is 16.6 Å². The number of piperidine rings is 1. The maximum atomic E-state index is 11.1. The molecule has 0 aliphatic carbocycles. The number of rotatable bonds is 5. The lowest BCUT2D eigenvalue weighted by atomic mass is 9.89. The first kappa shape index (κ1) is 15.9. The average molecular weight is 320 g/mol. The minimum Gasteiger partial charge on any atom is -0.389 e. The predicted octanol–water partition coefficient (Wildman–Crippen LogP) is -0.405. The summed E-state index contributed by atoms with van der Waals surface area (Å²) < 4.78 is 24.4. The fourth-order valence-corrected chi connectivity index (χ4v) is 3.51. The van der Waals surface area contributed by atoms with E-state index in [2.05, 4.69) is 9.62 Å². The summed E-state index contributed by atoms with van der Waals surface area (Å²) in [5, 5.41) is 22.4. The Kier molecular flexibility index (Phi) is 4.83. The number of hydrogen-bond acceptors (Lipinski definition) is 6. The van der Waals surface area contributed by atoms with E-state index in [9.17, 15) is 18.6 Å². The van der Waals surface area contributed by atoms with Gasteiger partial charge in [0, 0.05) is 31.1 Å². The second kappa shape index (κ2) is 6.08. The van der Waals surface area contributed by atoms with Crippen molar-refractivity contribution in [1.82, 2.24) is 9.62 Å². The number of β-amino-alcohol motifs (C(OH)–C–C–N with tert-alkyl or cyclic N) is 1. The molecule has 8 heteroatoms. The molecule has 0 amide bonds. The SMILES string of the molecule is CS(=O)(=O)NC[C@]1(O)CCN(Cc2cccs2)C[C@H]1O. The molecule has 1 saturated heterocycles. The van der Waals surface area contributed by atoms with Crippen LogP contribution in [0, 0.1) is 0 Å². The zero-order chi connectivity index (χ0) is 14.8. The molecule has 1 aliphatic heterocycles. The summed E-state index contributed by atoms with van der Waals surface area (Å²) >= 11 is 1.65. The second-order valence-electron chi connectivity index (χ2n) is 5.28. The monoisotopic (exact) mass is 320 g/mol. The van der Waals surface area contributed by atoms with E-state index >= 15 is 0 Å². The largest absolute Gasteiger partial charge is 0.389 e. The fourth-order valence-electron chi connectivity index (χ4n) is 2.25. The molecule has 20 heavy (non-hydrogen) atoms. The van der Waals surface area contributed by atoms with Gasteiger partial charge >= 0.3 is 0 Å². The zero-order valence-electron chi connectivity index (χ0n) is 11.3. The summed E-state index contributed by atoms with van der Waals surface area (Å²) in [6.45, 7) is 1.54. The maximum absolute atomic E-state index is 11.1. The van der Waals surface area contributed by atoms with E-state index in [-0.39, 0.29) is 6.54 Å². The Morgan fingerprint density at radius 1 is 1.60 bits per heavy atom. The van der Waals surface area contributed by atoms with Gasteiger partial charge in [0.1, 0.15) is 5.60 Å². The molecule has 1 aromatic heterocycles. The molecule has 1 aromatic rings. The van der Waals surface area contributed by atoms with Crippen molar-refractivity contribution in [2.45, 2.75) is 24.7 Å². The third-order valence-electron chi connectivity index (χ3n) is 3.51. The summed E-state index contributed by atoms with van der Waals surface area (Å²) in [6, 6.07) is 4.01. The molecular weight excluding hydrogens is 300 g/mol. The third kappa shape index (κ3) is 4.24. The average Bonchev–Trinajstić information content (AvgIpc) is 2.84. The number of nitrogens with one attached hydrogen (secondary N) is 1. The van der Waals surface area contributed by atoms with Crippen LogP contribution in [0.15, 0.2) is 17.5 Å². The van der Waals surface area contributed by atoms with Crippen molar-refractivity contribution in [3.8, 4) is 0 Å². The van der Waals surface area contributed by atoms with Crippen LogP contribution in [0.1, 0.15) is 11.3 Å². The quantitative estimate of drug-likeness (QED) is 0.686. The highest BCUT2D eigenvalue weighted by Gasteiger charge is 2.40. The lowest BCUT2D eigenvalue weighted by molar-refractivity contribution is -0.115. The van der Waals surface area contributed by atoms with Gasteiger partial charge in [-0.15, -0.1) is 11.3 Å². The van der Waals surface area contributed by atoms with Gasteiger partial charge in [0.15, 0.2) is 0 Å². The molecule has 0 unspecified atom stereocenters. The Morgan fingerprint density at radius 2 is 2.35 bits per heavy atom. The fraction of sp³-hybridized carbons (Fsp3) is 0.667. The minimum atomic E-state index is -3.37. The Morgan fingerprint density at radius 3 is 2.90 bits per heavy atom. The summed E-state index contributed by atoms with van der Waals surface area (Å²) in [5.74, 6) is 0. The molecule has 3 N–H and O–H groups in total. The Balaban J connectivity index is 1.91. The Labute approximate surface area is 123 Å². The van der Waals surface area contributed by atoms with Gasteiger partial charge in [0.05, 0.1) is 12.4 Å². The van der Waals surface area contributed by atoms with E-state index in [1.54, 1.807) is 11.3 Å². The van der Waals surface area contributed by atoms with Crippen LogP contribution in [-0.4, -0.2) is 61.1 Å². The van der Waals surface area contributed by atoms with Crippen molar-refractivity contribution < 1.29 is 18.6 Å². The summed E-state index contributed by atoms with van der Waals surface area (Å²) in [5.41, 5.74) is -1.39. The molecular formula is C12H20N2O4S2. The van der Waals surface area contributed by atoms with Crippen molar-refractivity contribution in [2.24, 2.45) is 0 Å². The number of hydrogen-bond donors (Lipinski definition) is 3. The number of nitrogens with zero attached hydrogens (tertiary/aromatic N) is 1. The lowest BCUT2D eigenvalue weighted by Gasteiger charge is -2.41. The standard InChI is InChI=1S/C12H20N2O4S2/c1-20(17,18)13-9-12(16)4-5-14(8-11(12)15)7-10-3-2-6-19-10/h2-3,6,11,13,15-16H,4-5,7-9H2,1H3/t11-,12-/m1/s1. The van der Waals surface area contributed by atoms with Gasteiger partial charge in [-0.3, -0.25) is 4.90 Å². The van der Waals surface area contributed by atoms with Crippen molar-refractivity contribution in [3.05, 3.63) is 22.4 Å². The van der Waals surface area contributed by atoms with Crippen molar-refractivity contribution in [2.75, 3.05) is 25.9 Å². The summed E-state index contributed by atoms with van der Waals surface area (Å²) in [4.78, 5) is 3.27. The Hall–Kier alpha value is -0.510. The number of sulfonamides is 1. The zero-order valence-corrected chi connectivity index (χ0v) is 13.0. The van der Waals surface area contributed by atoms with Gasteiger partial charge < -0.3 is 10.2 Å². The molecule has 2 atom stereocenters. The van der Waals surface area contributed by atoms with E-state index in [0.717, 1.165) is 12.8 Å². The lowest BCUT2D eigenvalue weighted by Crippen LogP contribution is -2.59. The summed E-state index contributed by atoms with van der Waals surface area (Å²) in [7, 11) is -3.37. The first-order valence-corrected chi connectivity index (χ1v) is 9.15. The molecule has 0 radical (unpaired) electrons. The highest BCUT2D eigenvalue weighted by molar-refractivity contribution is 7.88. The van der Waals surface area contributed by atoms with Crippen LogP contribution >= 0.6 is 11.3 Å². The van der Waals surface area contributed by atoms with Gasteiger partial charge in [-0.05, 0) is 17.9 Å². The van der Waals surface area contributed by atoms with Gasteiger partial charge in [-0.2, -0.15) is 0 Å². The molecule has 2 heterocycles. The molecule has 0 bridgehead atoms. The van der Waals surface area contributed by atoms with Crippen molar-refractivity contribution >= 4 is 21.4 Å². The van der Waals surface area contributed by atoms with Gasteiger partial charge in [-0.25, -0.2) is 13.1 Å². The van der Waals surface area contributed by atoms with E-state index in [0.29, 0.717) is 19.5 Å². The highest BCUT2D eigenvalue weighted by atomic mass is 32.2. The van der Waals surface area contributed by atoms with Crippen LogP contribution in [0.3, 0.4) is 0 Å². The topological polar surface area (TPSA) is 89.9 Å². The van der Waals surface area contributed by atoms with Gasteiger partial charge in [-0.1, -0.05) is 6.07 Å². The molecule has 0 aromatic carbocycles. The summed E-state index contributed by atoms with van der Waals surface area (Å²) in [6.07, 6.45) is 0.405. The van der Waals surface area contributed by atoms with E-state index < -0.39 is 21.7 Å². The molecule has 1 fully saturated rings. The normalized spacial score (nSPS) is 28.6. The van der Waals surface area contributed by atoms with E-state index in [1.165, 1.54) is 4.88 Å². The van der Waals surface area contributed by atoms with Gasteiger partial charge in [0.25, 0.3) is 0 Å². The molecule has 1 aliphatic rings. The van der Waals surface area contributed by atoms with E-state index in [1.807, 2.05) is 17.5 Å². The van der Waals surface area contributed by atoms with Crippen LogP contribution in [0.2, 0.25) is 0 Å². The number of aliphatic hydroxyl groups excluding tert-OH is 1. The van der Waals surface area contributed by atoms with Crippen molar-refractivity contribution in [3.63, 3.8) is 0 Å². The third-order valence-corrected chi connectivity index (χ3v) is 5.04. The number of aliphatic hydroxyl groups is 2. The van der Waals surface area contributed by atoms with Crippen molar-refractivity contribution in [1.29, 1.82) is 0 Å². The smallest absolute Gasteiger partial charge is 0.208 e. The van der Waals surface area contributed by atoms with Crippen LogP contribution < -0.4 is 4.72 Å². The van der Waals surface area contributed by atoms with E-state index in [4.69, 9.17) is 0 Å². The Bertz CT molecular complexity index is 532. The molecule has 2 rings (SSSR count). The molecule has 6 nitrogen and oxygen atoms in total. The predicted molar refractivity (Wildman–Crippen MR) is 78.0 cm³/mol. The number of likely N-dealkylation sites (tertiary alicyclic amines) is 1.